The van der Waals surface area contributed by atoms with Crippen LogP contribution in [0.5, 0.6) is 0 Å². The summed E-state index contributed by atoms with van der Waals surface area (Å²) in [5.41, 5.74) is 8.06. The molecule has 0 atom stereocenters. The van der Waals surface area contributed by atoms with Crippen LogP contribution in [0, 0.1) is 0 Å². The number of sulfonamides is 1. The van der Waals surface area contributed by atoms with Gasteiger partial charge in [-0.1, -0.05) is 41.4 Å². The third-order valence-corrected chi connectivity index (χ3v) is 6.32. The van der Waals surface area contributed by atoms with Crippen LogP contribution in [0.15, 0.2) is 71.6 Å². The van der Waals surface area contributed by atoms with E-state index in [1.165, 1.54) is 12.1 Å². The smallest absolute Gasteiger partial charge is 0.261 e. The van der Waals surface area contributed by atoms with E-state index in [-0.39, 0.29) is 23.5 Å². The highest BCUT2D eigenvalue weighted by atomic mass is 35.5. The van der Waals surface area contributed by atoms with Gasteiger partial charge < -0.3 is 5.73 Å². The summed E-state index contributed by atoms with van der Waals surface area (Å²) in [7, 11) is -3.73. The topological polar surface area (TPSA) is 89.3 Å². The fourth-order valence-corrected chi connectivity index (χ4v) is 4.10. The van der Waals surface area contributed by atoms with Crippen molar-refractivity contribution in [3.63, 3.8) is 0 Å². The molecule has 150 valence electrons. The number of nitrogens with two attached hydrogens (primary N) is 1. The summed E-state index contributed by atoms with van der Waals surface area (Å²) in [6, 6.07) is 17.7. The van der Waals surface area contributed by atoms with Crippen LogP contribution in [0.1, 0.15) is 11.1 Å². The molecular weight excluding hydrogens is 431 g/mol. The van der Waals surface area contributed by atoms with Crippen molar-refractivity contribution in [1.29, 1.82) is 0 Å². The number of Topliss-reactive ketones (excluding diaryl/α,β-unsaturated/α-hetero) is 1. The number of halogens is 2. The maximum absolute atomic E-state index is 12.5. The van der Waals surface area contributed by atoms with E-state index in [0.29, 0.717) is 21.4 Å². The van der Waals surface area contributed by atoms with Gasteiger partial charge in [0.25, 0.3) is 10.0 Å². The minimum atomic E-state index is -3.73. The fraction of sp³-hybridized carbons (Fsp3) is 0.0952. The first-order valence-electron chi connectivity index (χ1n) is 8.66. The van der Waals surface area contributed by atoms with Crippen LogP contribution in [-0.2, 0) is 27.7 Å². The van der Waals surface area contributed by atoms with Crippen LogP contribution in [-0.4, -0.2) is 14.2 Å². The van der Waals surface area contributed by atoms with E-state index in [0.717, 1.165) is 11.1 Å². The number of rotatable bonds is 7. The lowest BCUT2D eigenvalue weighted by Crippen LogP contribution is -2.13. The zero-order valence-corrected chi connectivity index (χ0v) is 17.6. The summed E-state index contributed by atoms with van der Waals surface area (Å²) in [6.07, 6.45) is 0.404. The van der Waals surface area contributed by atoms with Gasteiger partial charge >= 0.3 is 0 Å². The number of carbonyl (C=O) groups is 1. The van der Waals surface area contributed by atoms with Crippen molar-refractivity contribution in [3.8, 4) is 0 Å². The molecule has 5 nitrogen and oxygen atoms in total. The van der Waals surface area contributed by atoms with E-state index in [1.807, 2.05) is 0 Å². The highest BCUT2D eigenvalue weighted by Crippen LogP contribution is 2.23. The lowest BCUT2D eigenvalue weighted by Gasteiger charge is -2.09. The van der Waals surface area contributed by atoms with Crippen LogP contribution >= 0.6 is 23.2 Å². The summed E-state index contributed by atoms with van der Waals surface area (Å²) in [5.74, 6) is -0.0148. The van der Waals surface area contributed by atoms with Crippen molar-refractivity contribution in [2.24, 2.45) is 0 Å². The predicted molar refractivity (Wildman–Crippen MR) is 117 cm³/mol. The molecule has 0 aliphatic heterocycles. The first-order chi connectivity index (χ1) is 13.7. The molecule has 0 saturated carbocycles. The van der Waals surface area contributed by atoms with Crippen molar-refractivity contribution in [2.45, 2.75) is 17.7 Å². The van der Waals surface area contributed by atoms with Gasteiger partial charge in [-0.25, -0.2) is 8.42 Å². The van der Waals surface area contributed by atoms with Crippen LogP contribution in [0.4, 0.5) is 11.4 Å². The first kappa shape index (κ1) is 21.2. The Balaban J connectivity index is 1.65. The molecule has 3 N–H and O–H groups in total. The molecule has 3 aromatic rings. The molecule has 0 heterocycles. The average molecular weight is 449 g/mol. The highest BCUT2D eigenvalue weighted by Gasteiger charge is 2.15. The predicted octanol–water partition coefficient (Wildman–Crippen LogP) is 4.73. The van der Waals surface area contributed by atoms with Crippen molar-refractivity contribution in [3.05, 3.63) is 87.9 Å². The number of anilines is 2. The molecule has 0 aromatic heterocycles. The van der Waals surface area contributed by atoms with E-state index in [1.54, 1.807) is 54.6 Å². The molecule has 0 radical (unpaired) electrons. The standard InChI is InChI=1S/C21H18Cl2N2O3S/c22-20-10-3-15(13-21(20)23)12-18(26)11-14-1-8-19(9-2-14)29(27,28)25-17-6-4-16(24)5-7-17/h1-10,13,25H,11-12,24H2. The molecule has 0 unspecified atom stereocenters. The lowest BCUT2D eigenvalue weighted by molar-refractivity contribution is -0.117. The third kappa shape index (κ3) is 5.73. The average Bonchev–Trinajstić information content (AvgIpc) is 2.67. The highest BCUT2D eigenvalue weighted by molar-refractivity contribution is 7.92. The summed E-state index contributed by atoms with van der Waals surface area (Å²) in [5, 5.41) is 0.840. The van der Waals surface area contributed by atoms with Gasteiger partial charge in [0.1, 0.15) is 5.78 Å². The van der Waals surface area contributed by atoms with Crippen molar-refractivity contribution < 1.29 is 13.2 Å². The van der Waals surface area contributed by atoms with Gasteiger partial charge in [0, 0.05) is 24.2 Å². The maximum Gasteiger partial charge on any atom is 0.261 e. The Morgan fingerprint density at radius 2 is 1.41 bits per heavy atom. The van der Waals surface area contributed by atoms with Crippen molar-refractivity contribution in [1.82, 2.24) is 0 Å². The Labute approximate surface area is 179 Å². The number of hydrogen-bond donors (Lipinski definition) is 2. The SMILES string of the molecule is Nc1ccc(NS(=O)(=O)c2ccc(CC(=O)Cc3ccc(Cl)c(Cl)c3)cc2)cc1. The third-order valence-electron chi connectivity index (χ3n) is 4.18. The van der Waals surface area contributed by atoms with Gasteiger partial charge in [-0.05, 0) is 59.7 Å². The zero-order valence-electron chi connectivity index (χ0n) is 15.2. The number of nitrogens with one attached hydrogen (secondary N) is 1. The summed E-state index contributed by atoms with van der Waals surface area (Å²) in [6.45, 7) is 0. The molecule has 0 aliphatic carbocycles. The van der Waals surface area contributed by atoms with Gasteiger partial charge in [0.05, 0.1) is 14.9 Å². The molecule has 29 heavy (non-hydrogen) atoms. The Kier molecular flexibility index (Phi) is 6.47. The second-order valence-electron chi connectivity index (χ2n) is 6.51. The number of benzene rings is 3. The summed E-state index contributed by atoms with van der Waals surface area (Å²) < 4.78 is 27.5. The van der Waals surface area contributed by atoms with E-state index in [2.05, 4.69) is 4.72 Å². The monoisotopic (exact) mass is 448 g/mol. The van der Waals surface area contributed by atoms with Crippen LogP contribution in [0.3, 0.4) is 0 Å². The molecule has 3 rings (SSSR count). The summed E-state index contributed by atoms with van der Waals surface area (Å²) in [4.78, 5) is 12.4. The Morgan fingerprint density at radius 3 is 2.03 bits per heavy atom. The molecule has 0 aliphatic rings. The number of nitrogen functional groups attached to an aromatic ring is 1. The second kappa shape index (κ2) is 8.86. The molecule has 0 amide bonds. The number of hydrogen-bond acceptors (Lipinski definition) is 4. The maximum atomic E-state index is 12.5. The Morgan fingerprint density at radius 1 is 0.828 bits per heavy atom. The number of carbonyl (C=O) groups excluding carboxylic acids is 1. The van der Waals surface area contributed by atoms with E-state index in [9.17, 15) is 13.2 Å². The molecular formula is C21H18Cl2N2O3S. The number of ketones is 1. The van der Waals surface area contributed by atoms with Gasteiger partial charge in [-0.2, -0.15) is 0 Å². The molecule has 0 spiro atoms. The van der Waals surface area contributed by atoms with Gasteiger partial charge in [-0.3, -0.25) is 9.52 Å². The minimum absolute atomic E-state index is 0.0148. The van der Waals surface area contributed by atoms with Crippen LogP contribution in [0.25, 0.3) is 0 Å². The Hall–Kier alpha value is -2.54. The van der Waals surface area contributed by atoms with E-state index < -0.39 is 10.0 Å². The lowest BCUT2D eigenvalue weighted by atomic mass is 10.0. The van der Waals surface area contributed by atoms with Crippen LogP contribution in [0.2, 0.25) is 10.0 Å². The molecule has 8 heteroatoms. The second-order valence-corrected chi connectivity index (χ2v) is 9.01. The zero-order chi connectivity index (χ0) is 21.0. The van der Waals surface area contributed by atoms with Crippen molar-refractivity contribution in [2.75, 3.05) is 10.5 Å². The Bertz CT molecular complexity index is 1130. The quantitative estimate of drug-likeness (QED) is 0.511. The minimum Gasteiger partial charge on any atom is -0.399 e. The molecule has 0 bridgehead atoms. The molecule has 0 fully saturated rings. The van der Waals surface area contributed by atoms with E-state index in [4.69, 9.17) is 28.9 Å². The van der Waals surface area contributed by atoms with Gasteiger partial charge in [-0.15, -0.1) is 0 Å². The van der Waals surface area contributed by atoms with Gasteiger partial charge in [0.15, 0.2) is 0 Å². The van der Waals surface area contributed by atoms with Crippen molar-refractivity contribution >= 4 is 50.4 Å². The molecule has 0 saturated heterocycles. The normalized spacial score (nSPS) is 11.2. The largest absolute Gasteiger partial charge is 0.399 e. The first-order valence-corrected chi connectivity index (χ1v) is 10.9. The van der Waals surface area contributed by atoms with E-state index >= 15 is 0 Å². The summed E-state index contributed by atoms with van der Waals surface area (Å²) >= 11 is 11.9. The molecule has 3 aromatic carbocycles. The van der Waals surface area contributed by atoms with Gasteiger partial charge in [0.2, 0.25) is 0 Å². The fourth-order valence-electron chi connectivity index (χ4n) is 2.72. The van der Waals surface area contributed by atoms with Crippen LogP contribution < -0.4 is 10.5 Å².